The molecule has 5 heteroatoms. The minimum absolute atomic E-state index is 0.0697. The van der Waals surface area contributed by atoms with Crippen LogP contribution in [-0.2, 0) is 11.3 Å². The molecule has 2 atom stereocenters. The number of hydrogen-bond donors (Lipinski definition) is 1. The van der Waals surface area contributed by atoms with Crippen molar-refractivity contribution in [2.45, 2.75) is 32.9 Å². The van der Waals surface area contributed by atoms with Crippen LogP contribution in [0.2, 0.25) is 0 Å². The van der Waals surface area contributed by atoms with Gasteiger partial charge in [0.1, 0.15) is 5.82 Å². The van der Waals surface area contributed by atoms with Crippen LogP contribution < -0.4 is 5.73 Å². The van der Waals surface area contributed by atoms with Crippen LogP contribution >= 0.6 is 0 Å². The van der Waals surface area contributed by atoms with Crippen molar-refractivity contribution in [3.8, 4) is 6.07 Å². The van der Waals surface area contributed by atoms with Gasteiger partial charge in [-0.15, -0.1) is 0 Å². The molecule has 0 aliphatic carbocycles. The molecule has 1 aromatic carbocycles. The third-order valence-electron chi connectivity index (χ3n) is 3.50. The lowest BCUT2D eigenvalue weighted by atomic mass is 9.99. The molecule has 4 nitrogen and oxygen atoms in total. The van der Waals surface area contributed by atoms with Crippen LogP contribution in [0.5, 0.6) is 0 Å². The Morgan fingerprint density at radius 1 is 1.55 bits per heavy atom. The standard InChI is InChI=1S/C15H20FN3O/c1-4-10(2)14(18)15(20)19(3)9-12-7-11(8-17)5-6-13(12)16/h5-7,10,14H,4,9,18H2,1-3H3/t10-,14-/m0/s1. The molecule has 0 unspecified atom stereocenters. The maximum atomic E-state index is 13.7. The van der Waals surface area contributed by atoms with E-state index in [1.165, 1.54) is 23.1 Å². The number of likely N-dealkylation sites (N-methyl/N-ethyl adjacent to an activating group) is 1. The minimum Gasteiger partial charge on any atom is -0.340 e. The quantitative estimate of drug-likeness (QED) is 0.895. The van der Waals surface area contributed by atoms with Gasteiger partial charge in [0.25, 0.3) is 0 Å². The highest BCUT2D eigenvalue weighted by Gasteiger charge is 2.23. The van der Waals surface area contributed by atoms with Crippen molar-refractivity contribution in [1.82, 2.24) is 4.90 Å². The van der Waals surface area contributed by atoms with Crippen LogP contribution in [0.4, 0.5) is 4.39 Å². The highest BCUT2D eigenvalue weighted by Crippen LogP contribution is 2.14. The van der Waals surface area contributed by atoms with Crippen molar-refractivity contribution < 1.29 is 9.18 Å². The number of hydrogen-bond acceptors (Lipinski definition) is 3. The largest absolute Gasteiger partial charge is 0.340 e. The van der Waals surface area contributed by atoms with E-state index in [0.717, 1.165) is 6.42 Å². The lowest BCUT2D eigenvalue weighted by molar-refractivity contribution is -0.133. The number of rotatable bonds is 5. The topological polar surface area (TPSA) is 70.1 Å². The number of halogens is 1. The fourth-order valence-electron chi connectivity index (χ4n) is 1.85. The second kappa shape index (κ2) is 7.01. The lowest BCUT2D eigenvalue weighted by Crippen LogP contribution is -2.45. The molecule has 0 spiro atoms. The van der Waals surface area contributed by atoms with E-state index < -0.39 is 11.9 Å². The van der Waals surface area contributed by atoms with Gasteiger partial charge in [-0.2, -0.15) is 5.26 Å². The van der Waals surface area contributed by atoms with E-state index >= 15 is 0 Å². The summed E-state index contributed by atoms with van der Waals surface area (Å²) in [4.78, 5) is 13.5. The predicted octanol–water partition coefficient (Wildman–Crippen LogP) is 2.03. The molecule has 0 saturated carbocycles. The first-order valence-electron chi connectivity index (χ1n) is 6.59. The molecule has 0 aliphatic heterocycles. The second-order valence-corrected chi connectivity index (χ2v) is 5.02. The van der Waals surface area contributed by atoms with E-state index in [4.69, 9.17) is 11.0 Å². The number of amides is 1. The third-order valence-corrected chi connectivity index (χ3v) is 3.50. The molecule has 0 aliphatic rings. The predicted molar refractivity (Wildman–Crippen MR) is 75.0 cm³/mol. The highest BCUT2D eigenvalue weighted by atomic mass is 19.1. The lowest BCUT2D eigenvalue weighted by Gasteiger charge is -2.24. The maximum Gasteiger partial charge on any atom is 0.239 e. The monoisotopic (exact) mass is 277 g/mol. The molecule has 0 fully saturated rings. The van der Waals surface area contributed by atoms with Crippen molar-refractivity contribution in [2.24, 2.45) is 11.7 Å². The summed E-state index contributed by atoms with van der Waals surface area (Å²) in [5, 5.41) is 8.82. The molecule has 2 N–H and O–H groups in total. The van der Waals surface area contributed by atoms with Crippen LogP contribution in [0.25, 0.3) is 0 Å². The summed E-state index contributed by atoms with van der Waals surface area (Å²) in [6.07, 6.45) is 0.805. The molecule has 1 amide bonds. The molecule has 0 bridgehead atoms. The van der Waals surface area contributed by atoms with Crippen molar-refractivity contribution in [1.29, 1.82) is 5.26 Å². The van der Waals surface area contributed by atoms with E-state index in [1.54, 1.807) is 7.05 Å². The number of nitrogens with zero attached hydrogens (tertiary/aromatic N) is 2. The smallest absolute Gasteiger partial charge is 0.239 e. The number of carbonyl (C=O) groups excluding carboxylic acids is 1. The third kappa shape index (κ3) is 3.78. The molecule has 0 saturated heterocycles. The average Bonchev–Trinajstić information content (AvgIpc) is 2.46. The summed E-state index contributed by atoms with van der Waals surface area (Å²) in [5.74, 6) is -0.581. The molecule has 1 rings (SSSR count). The van der Waals surface area contributed by atoms with Gasteiger partial charge >= 0.3 is 0 Å². The number of nitriles is 1. The van der Waals surface area contributed by atoms with E-state index in [2.05, 4.69) is 0 Å². The fourth-order valence-corrected chi connectivity index (χ4v) is 1.85. The first kappa shape index (κ1) is 16.1. The van der Waals surface area contributed by atoms with Crippen molar-refractivity contribution in [3.05, 3.63) is 35.1 Å². The molecular weight excluding hydrogens is 257 g/mol. The zero-order chi connectivity index (χ0) is 15.3. The molecule has 0 heterocycles. The SMILES string of the molecule is CC[C@H](C)[C@H](N)C(=O)N(C)Cc1cc(C#N)ccc1F. The summed E-state index contributed by atoms with van der Waals surface area (Å²) >= 11 is 0. The van der Waals surface area contributed by atoms with Crippen molar-refractivity contribution in [3.63, 3.8) is 0 Å². The van der Waals surface area contributed by atoms with Gasteiger partial charge in [-0.1, -0.05) is 20.3 Å². The maximum absolute atomic E-state index is 13.7. The molecule has 20 heavy (non-hydrogen) atoms. The van der Waals surface area contributed by atoms with Gasteiger partial charge in [-0.25, -0.2) is 4.39 Å². The molecule has 0 radical (unpaired) electrons. The van der Waals surface area contributed by atoms with E-state index in [-0.39, 0.29) is 18.4 Å². The van der Waals surface area contributed by atoms with Crippen LogP contribution in [0.3, 0.4) is 0 Å². The fraction of sp³-hybridized carbons (Fsp3) is 0.467. The Labute approximate surface area is 119 Å². The Balaban J connectivity index is 2.83. The Bertz CT molecular complexity index is 524. The molecular formula is C15H20FN3O. The Kier molecular flexibility index (Phi) is 5.66. The van der Waals surface area contributed by atoms with Crippen LogP contribution in [-0.4, -0.2) is 23.9 Å². The average molecular weight is 277 g/mol. The minimum atomic E-state index is -0.591. The zero-order valence-electron chi connectivity index (χ0n) is 12.1. The Morgan fingerprint density at radius 3 is 2.75 bits per heavy atom. The van der Waals surface area contributed by atoms with Crippen molar-refractivity contribution in [2.75, 3.05) is 7.05 Å². The first-order valence-corrected chi connectivity index (χ1v) is 6.59. The normalized spacial score (nSPS) is 13.4. The number of nitrogens with two attached hydrogens (primary N) is 1. The molecule has 1 aromatic rings. The van der Waals surface area contributed by atoms with E-state index in [9.17, 15) is 9.18 Å². The van der Waals surface area contributed by atoms with Gasteiger partial charge in [0.05, 0.1) is 17.7 Å². The Hall–Kier alpha value is -1.93. The number of benzene rings is 1. The summed E-state index contributed by atoms with van der Waals surface area (Å²) < 4.78 is 13.7. The van der Waals surface area contributed by atoms with Gasteiger partial charge in [-0.3, -0.25) is 4.79 Å². The molecule has 0 aromatic heterocycles. The van der Waals surface area contributed by atoms with Crippen LogP contribution in [0.15, 0.2) is 18.2 Å². The summed E-state index contributed by atoms with van der Waals surface area (Å²) in [6, 6.07) is 5.46. The molecule has 108 valence electrons. The van der Waals surface area contributed by atoms with Gasteiger partial charge in [0.2, 0.25) is 5.91 Å². The van der Waals surface area contributed by atoms with Crippen LogP contribution in [0.1, 0.15) is 31.4 Å². The van der Waals surface area contributed by atoms with Gasteiger partial charge in [-0.05, 0) is 24.1 Å². The summed E-state index contributed by atoms with van der Waals surface area (Å²) in [5.41, 5.74) is 6.57. The highest BCUT2D eigenvalue weighted by molar-refractivity contribution is 5.81. The van der Waals surface area contributed by atoms with Crippen LogP contribution in [0, 0.1) is 23.1 Å². The summed E-state index contributed by atoms with van der Waals surface area (Å²) in [6.45, 7) is 3.98. The van der Waals surface area contributed by atoms with Gasteiger partial charge in [0, 0.05) is 19.2 Å². The summed E-state index contributed by atoms with van der Waals surface area (Å²) in [7, 11) is 1.59. The van der Waals surface area contributed by atoms with Gasteiger partial charge in [0.15, 0.2) is 0 Å². The second-order valence-electron chi connectivity index (χ2n) is 5.02. The Morgan fingerprint density at radius 2 is 2.20 bits per heavy atom. The van der Waals surface area contributed by atoms with Gasteiger partial charge < -0.3 is 10.6 Å². The van der Waals surface area contributed by atoms with E-state index in [1.807, 2.05) is 19.9 Å². The van der Waals surface area contributed by atoms with Crippen molar-refractivity contribution >= 4 is 5.91 Å². The first-order chi connectivity index (χ1) is 9.40. The number of carbonyl (C=O) groups is 1. The van der Waals surface area contributed by atoms with E-state index in [0.29, 0.717) is 11.1 Å². The zero-order valence-corrected chi connectivity index (χ0v) is 12.1.